The summed E-state index contributed by atoms with van der Waals surface area (Å²) in [6.07, 6.45) is 3.87. The van der Waals surface area contributed by atoms with Crippen molar-refractivity contribution in [2.45, 2.75) is 32.7 Å². The summed E-state index contributed by atoms with van der Waals surface area (Å²) < 4.78 is 0. The Morgan fingerprint density at radius 3 is 2.11 bits per heavy atom. The lowest BCUT2D eigenvalue weighted by Gasteiger charge is -2.32. The van der Waals surface area contributed by atoms with Gasteiger partial charge in [-0.3, -0.25) is 4.90 Å². The zero-order valence-electron chi connectivity index (χ0n) is 16.3. The standard InChI is InChI=1S/C26H29N/c1-21-18-25(24-10-6-3-7-11-24)12-13-26(21)20-27-16-14-23(15-17-27)19-22-8-4-2-5-9-22/h2-13,18,23H,14-17,19-20H2,1H3. The maximum absolute atomic E-state index is 2.63. The van der Waals surface area contributed by atoms with E-state index in [0.717, 1.165) is 12.5 Å². The van der Waals surface area contributed by atoms with E-state index in [-0.39, 0.29) is 0 Å². The lowest BCUT2D eigenvalue weighted by Crippen LogP contribution is -2.34. The van der Waals surface area contributed by atoms with E-state index in [2.05, 4.69) is 90.7 Å². The summed E-state index contributed by atoms with van der Waals surface area (Å²) in [7, 11) is 0. The summed E-state index contributed by atoms with van der Waals surface area (Å²) in [4.78, 5) is 2.63. The third-order valence-electron chi connectivity index (χ3n) is 5.92. The quantitative estimate of drug-likeness (QED) is 0.533. The molecule has 0 radical (unpaired) electrons. The van der Waals surface area contributed by atoms with Crippen LogP contribution in [0.2, 0.25) is 0 Å². The average molecular weight is 356 g/mol. The summed E-state index contributed by atoms with van der Waals surface area (Å²) in [5, 5.41) is 0. The Kier molecular flexibility index (Phi) is 5.69. The molecule has 0 bridgehead atoms. The normalized spacial score (nSPS) is 15.7. The van der Waals surface area contributed by atoms with Gasteiger partial charge in [0.25, 0.3) is 0 Å². The number of aryl methyl sites for hydroxylation is 1. The van der Waals surface area contributed by atoms with Crippen molar-refractivity contribution in [3.05, 3.63) is 95.6 Å². The van der Waals surface area contributed by atoms with Gasteiger partial charge < -0.3 is 0 Å². The molecule has 3 aromatic carbocycles. The van der Waals surface area contributed by atoms with E-state index >= 15 is 0 Å². The minimum absolute atomic E-state index is 0.838. The van der Waals surface area contributed by atoms with E-state index in [4.69, 9.17) is 0 Å². The Hall–Kier alpha value is -2.38. The number of nitrogens with zero attached hydrogens (tertiary/aromatic N) is 1. The van der Waals surface area contributed by atoms with Gasteiger partial charge in [0, 0.05) is 6.54 Å². The highest BCUT2D eigenvalue weighted by atomic mass is 15.1. The van der Waals surface area contributed by atoms with Crippen molar-refractivity contribution in [2.24, 2.45) is 5.92 Å². The first-order valence-electron chi connectivity index (χ1n) is 10.2. The molecule has 3 aromatic rings. The minimum Gasteiger partial charge on any atom is -0.299 e. The van der Waals surface area contributed by atoms with Crippen LogP contribution in [0.4, 0.5) is 0 Å². The van der Waals surface area contributed by atoms with Gasteiger partial charge in [-0.15, -0.1) is 0 Å². The molecule has 0 aromatic heterocycles. The van der Waals surface area contributed by atoms with Crippen molar-refractivity contribution < 1.29 is 0 Å². The van der Waals surface area contributed by atoms with Crippen molar-refractivity contribution in [2.75, 3.05) is 13.1 Å². The lowest BCUT2D eigenvalue weighted by atomic mass is 9.90. The number of likely N-dealkylation sites (tertiary alicyclic amines) is 1. The van der Waals surface area contributed by atoms with Crippen molar-refractivity contribution in [3.63, 3.8) is 0 Å². The molecule has 1 aliphatic rings. The molecule has 0 N–H and O–H groups in total. The third-order valence-corrected chi connectivity index (χ3v) is 5.92. The Morgan fingerprint density at radius 2 is 1.44 bits per heavy atom. The van der Waals surface area contributed by atoms with E-state index in [1.165, 1.54) is 60.2 Å². The topological polar surface area (TPSA) is 3.24 Å². The maximum Gasteiger partial charge on any atom is 0.0236 e. The fourth-order valence-electron chi connectivity index (χ4n) is 4.22. The molecule has 138 valence electrons. The maximum atomic E-state index is 2.63. The number of hydrogen-bond donors (Lipinski definition) is 0. The fraction of sp³-hybridized carbons (Fsp3) is 0.308. The Labute approximate surface area is 163 Å². The highest BCUT2D eigenvalue weighted by Crippen LogP contribution is 2.26. The monoisotopic (exact) mass is 355 g/mol. The van der Waals surface area contributed by atoms with Gasteiger partial charge in [-0.1, -0.05) is 78.9 Å². The van der Waals surface area contributed by atoms with Gasteiger partial charge in [-0.05, 0) is 73.0 Å². The largest absolute Gasteiger partial charge is 0.299 e. The predicted molar refractivity (Wildman–Crippen MR) is 115 cm³/mol. The third kappa shape index (κ3) is 4.67. The summed E-state index contributed by atoms with van der Waals surface area (Å²) in [6, 6.07) is 28.6. The molecular weight excluding hydrogens is 326 g/mol. The molecular formula is C26H29N. The molecule has 0 aliphatic carbocycles. The van der Waals surface area contributed by atoms with E-state index in [1.54, 1.807) is 0 Å². The van der Waals surface area contributed by atoms with E-state index in [9.17, 15) is 0 Å². The molecule has 0 amide bonds. The molecule has 0 spiro atoms. The van der Waals surface area contributed by atoms with Crippen molar-refractivity contribution in [1.82, 2.24) is 4.90 Å². The summed E-state index contributed by atoms with van der Waals surface area (Å²) in [5.74, 6) is 0.838. The van der Waals surface area contributed by atoms with Crippen molar-refractivity contribution >= 4 is 0 Å². The molecule has 4 rings (SSSR count). The Bertz CT molecular complexity index is 846. The molecule has 1 nitrogen and oxygen atoms in total. The summed E-state index contributed by atoms with van der Waals surface area (Å²) in [5.41, 5.74) is 6.98. The second-order valence-electron chi connectivity index (χ2n) is 7.92. The Balaban J connectivity index is 1.34. The number of piperidine rings is 1. The van der Waals surface area contributed by atoms with Crippen LogP contribution in [-0.2, 0) is 13.0 Å². The molecule has 1 aliphatic heterocycles. The first-order chi connectivity index (χ1) is 13.3. The number of benzene rings is 3. The molecule has 0 saturated carbocycles. The zero-order valence-corrected chi connectivity index (χ0v) is 16.3. The Morgan fingerprint density at radius 1 is 0.778 bits per heavy atom. The van der Waals surface area contributed by atoms with Gasteiger partial charge in [0.05, 0.1) is 0 Å². The van der Waals surface area contributed by atoms with Gasteiger partial charge in [0.1, 0.15) is 0 Å². The second kappa shape index (κ2) is 8.54. The van der Waals surface area contributed by atoms with Crippen molar-refractivity contribution in [1.29, 1.82) is 0 Å². The van der Waals surface area contributed by atoms with E-state index in [1.807, 2.05) is 0 Å². The van der Waals surface area contributed by atoms with Crippen LogP contribution in [0.5, 0.6) is 0 Å². The average Bonchev–Trinajstić information content (AvgIpc) is 2.72. The van der Waals surface area contributed by atoms with Gasteiger partial charge in [-0.2, -0.15) is 0 Å². The van der Waals surface area contributed by atoms with E-state index < -0.39 is 0 Å². The summed E-state index contributed by atoms with van der Waals surface area (Å²) >= 11 is 0. The van der Waals surface area contributed by atoms with Crippen LogP contribution < -0.4 is 0 Å². The fourth-order valence-corrected chi connectivity index (χ4v) is 4.22. The highest BCUT2D eigenvalue weighted by Gasteiger charge is 2.20. The SMILES string of the molecule is Cc1cc(-c2ccccc2)ccc1CN1CCC(Cc2ccccc2)CC1. The van der Waals surface area contributed by atoms with Crippen LogP contribution in [0.15, 0.2) is 78.9 Å². The predicted octanol–water partition coefficient (Wildman–Crippen LogP) is 6.12. The molecule has 1 heteroatoms. The van der Waals surface area contributed by atoms with Crippen LogP contribution in [0.1, 0.15) is 29.5 Å². The molecule has 1 fully saturated rings. The molecule has 1 saturated heterocycles. The van der Waals surface area contributed by atoms with Crippen molar-refractivity contribution in [3.8, 4) is 11.1 Å². The zero-order chi connectivity index (χ0) is 18.5. The summed E-state index contributed by atoms with van der Waals surface area (Å²) in [6.45, 7) is 5.78. The first kappa shape index (κ1) is 18.0. The first-order valence-corrected chi connectivity index (χ1v) is 10.2. The van der Waals surface area contributed by atoms with Crippen LogP contribution in [-0.4, -0.2) is 18.0 Å². The van der Waals surface area contributed by atoms with Gasteiger partial charge in [0.2, 0.25) is 0 Å². The van der Waals surface area contributed by atoms with Gasteiger partial charge in [-0.25, -0.2) is 0 Å². The number of hydrogen-bond acceptors (Lipinski definition) is 1. The minimum atomic E-state index is 0.838. The molecule has 0 unspecified atom stereocenters. The van der Waals surface area contributed by atoms with Crippen LogP contribution >= 0.6 is 0 Å². The number of rotatable bonds is 5. The van der Waals surface area contributed by atoms with Gasteiger partial charge in [0.15, 0.2) is 0 Å². The molecule has 27 heavy (non-hydrogen) atoms. The van der Waals surface area contributed by atoms with Crippen LogP contribution in [0.25, 0.3) is 11.1 Å². The second-order valence-corrected chi connectivity index (χ2v) is 7.92. The van der Waals surface area contributed by atoms with Gasteiger partial charge >= 0.3 is 0 Å². The van der Waals surface area contributed by atoms with Crippen LogP contribution in [0, 0.1) is 12.8 Å². The molecule has 0 atom stereocenters. The van der Waals surface area contributed by atoms with Crippen LogP contribution in [0.3, 0.4) is 0 Å². The smallest absolute Gasteiger partial charge is 0.0236 e. The van der Waals surface area contributed by atoms with E-state index in [0.29, 0.717) is 0 Å². The lowest BCUT2D eigenvalue weighted by molar-refractivity contribution is 0.177. The molecule has 1 heterocycles. The highest BCUT2D eigenvalue weighted by molar-refractivity contribution is 5.64.